The third kappa shape index (κ3) is 7.31. The summed E-state index contributed by atoms with van der Waals surface area (Å²) in [5, 5.41) is 2.72. The number of amides is 1. The first kappa shape index (κ1) is 22.1. The number of nitrogens with one attached hydrogen (secondary N) is 1. The molecule has 3 rings (SSSR count). The Kier molecular flexibility index (Phi) is 8.25. The quantitative estimate of drug-likeness (QED) is 0.380. The molecule has 7 heteroatoms. The molecule has 0 bridgehead atoms. The highest BCUT2D eigenvalue weighted by atomic mass is 16.5. The molecule has 0 spiro atoms. The second kappa shape index (κ2) is 11.6. The highest BCUT2D eigenvalue weighted by Gasteiger charge is 2.11. The molecular weight excluding hydrogens is 396 g/mol. The fourth-order valence-corrected chi connectivity index (χ4v) is 2.95. The Hall–Kier alpha value is -3.58. The number of nitrogens with zero attached hydrogens (tertiary/aromatic N) is 1. The molecule has 2 aromatic carbocycles. The van der Waals surface area contributed by atoms with E-state index in [4.69, 9.17) is 14.2 Å². The van der Waals surface area contributed by atoms with Gasteiger partial charge in [-0.15, -0.1) is 0 Å². The molecule has 1 N–H and O–H groups in total. The lowest BCUT2D eigenvalue weighted by Crippen LogP contribution is -2.36. The number of anilines is 2. The number of hydrogen-bond acceptors (Lipinski definition) is 6. The first-order valence-electron chi connectivity index (χ1n) is 10.1. The van der Waals surface area contributed by atoms with Crippen molar-refractivity contribution < 1.29 is 23.8 Å². The standard InChI is InChI=1S/C24H26N2O5/c1-2-15-30-22-10-3-19(4-11-22)5-12-24(28)31-18-23(27)25-20-6-8-21(9-7-20)26-13-16-29-17-14-26/h2-12H,1,13-18H2,(H,25,27)/b12-5+. The van der Waals surface area contributed by atoms with Gasteiger partial charge >= 0.3 is 5.97 Å². The summed E-state index contributed by atoms with van der Waals surface area (Å²) in [6.07, 6.45) is 4.56. The van der Waals surface area contributed by atoms with Crippen LogP contribution in [-0.4, -0.2) is 51.4 Å². The van der Waals surface area contributed by atoms with E-state index in [-0.39, 0.29) is 6.61 Å². The maximum absolute atomic E-state index is 12.0. The monoisotopic (exact) mass is 422 g/mol. The molecular formula is C24H26N2O5. The van der Waals surface area contributed by atoms with Crippen molar-refractivity contribution in [3.05, 3.63) is 72.8 Å². The maximum Gasteiger partial charge on any atom is 0.331 e. The van der Waals surface area contributed by atoms with Gasteiger partial charge in [0.05, 0.1) is 13.2 Å². The van der Waals surface area contributed by atoms with Crippen LogP contribution in [0.5, 0.6) is 5.75 Å². The largest absolute Gasteiger partial charge is 0.490 e. The SMILES string of the molecule is C=CCOc1ccc(/C=C/C(=O)OCC(=O)Nc2ccc(N3CCOCC3)cc2)cc1. The van der Waals surface area contributed by atoms with Crippen molar-refractivity contribution in [2.75, 3.05) is 49.7 Å². The smallest absolute Gasteiger partial charge is 0.331 e. The van der Waals surface area contributed by atoms with Gasteiger partial charge in [-0.1, -0.05) is 24.8 Å². The molecule has 7 nitrogen and oxygen atoms in total. The van der Waals surface area contributed by atoms with Crippen molar-refractivity contribution in [2.24, 2.45) is 0 Å². The maximum atomic E-state index is 12.0. The van der Waals surface area contributed by atoms with E-state index in [0.717, 1.165) is 24.3 Å². The van der Waals surface area contributed by atoms with E-state index in [9.17, 15) is 9.59 Å². The van der Waals surface area contributed by atoms with E-state index in [2.05, 4.69) is 16.8 Å². The zero-order chi connectivity index (χ0) is 21.9. The third-order valence-electron chi connectivity index (χ3n) is 4.53. The molecule has 0 aliphatic carbocycles. The second-order valence-corrected chi connectivity index (χ2v) is 6.80. The van der Waals surface area contributed by atoms with Crippen LogP contribution in [0.2, 0.25) is 0 Å². The first-order chi connectivity index (χ1) is 15.1. The van der Waals surface area contributed by atoms with Crippen LogP contribution in [0, 0.1) is 0 Å². The predicted molar refractivity (Wildman–Crippen MR) is 120 cm³/mol. The number of benzene rings is 2. The van der Waals surface area contributed by atoms with Crippen LogP contribution in [0.1, 0.15) is 5.56 Å². The van der Waals surface area contributed by atoms with Gasteiger partial charge in [-0.2, -0.15) is 0 Å². The fraction of sp³-hybridized carbons (Fsp3) is 0.250. The number of morpholine rings is 1. The summed E-state index contributed by atoms with van der Waals surface area (Å²) in [7, 11) is 0. The van der Waals surface area contributed by atoms with Crippen LogP contribution < -0.4 is 15.0 Å². The minimum Gasteiger partial charge on any atom is -0.490 e. The van der Waals surface area contributed by atoms with Crippen molar-refractivity contribution in [2.45, 2.75) is 0 Å². The molecule has 0 unspecified atom stereocenters. The van der Waals surface area contributed by atoms with Crippen molar-refractivity contribution in [3.8, 4) is 5.75 Å². The van der Waals surface area contributed by atoms with Crippen molar-refractivity contribution in [1.29, 1.82) is 0 Å². The number of rotatable bonds is 9. The lowest BCUT2D eigenvalue weighted by atomic mass is 10.2. The molecule has 2 aromatic rings. The van der Waals surface area contributed by atoms with Gasteiger partial charge < -0.3 is 24.4 Å². The van der Waals surface area contributed by atoms with Crippen molar-refractivity contribution in [3.63, 3.8) is 0 Å². The lowest BCUT2D eigenvalue weighted by Gasteiger charge is -2.28. The number of ether oxygens (including phenoxy) is 3. The Morgan fingerprint density at radius 1 is 1.06 bits per heavy atom. The highest BCUT2D eigenvalue weighted by Crippen LogP contribution is 2.19. The van der Waals surface area contributed by atoms with Gasteiger partial charge in [0, 0.05) is 30.5 Å². The zero-order valence-corrected chi connectivity index (χ0v) is 17.3. The van der Waals surface area contributed by atoms with Gasteiger partial charge in [0.2, 0.25) is 0 Å². The molecule has 31 heavy (non-hydrogen) atoms. The molecule has 0 atom stereocenters. The Labute approximate surface area is 181 Å². The average Bonchev–Trinajstić information content (AvgIpc) is 2.82. The average molecular weight is 422 g/mol. The number of esters is 1. The Morgan fingerprint density at radius 2 is 1.77 bits per heavy atom. The molecule has 1 heterocycles. The number of carbonyl (C=O) groups is 2. The van der Waals surface area contributed by atoms with Gasteiger partial charge in [-0.3, -0.25) is 4.79 Å². The zero-order valence-electron chi connectivity index (χ0n) is 17.3. The lowest BCUT2D eigenvalue weighted by molar-refractivity contribution is -0.142. The van der Waals surface area contributed by atoms with Crippen LogP contribution in [0.25, 0.3) is 6.08 Å². The Balaban J connectivity index is 1.41. The molecule has 1 amide bonds. The minimum absolute atomic E-state index is 0.358. The summed E-state index contributed by atoms with van der Waals surface area (Å²) in [6, 6.07) is 14.8. The minimum atomic E-state index is -0.593. The van der Waals surface area contributed by atoms with Gasteiger partial charge in [0.25, 0.3) is 5.91 Å². The van der Waals surface area contributed by atoms with Crippen molar-refractivity contribution >= 4 is 29.3 Å². The van der Waals surface area contributed by atoms with E-state index in [1.807, 2.05) is 36.4 Å². The first-order valence-corrected chi connectivity index (χ1v) is 10.1. The van der Waals surface area contributed by atoms with Gasteiger partial charge in [-0.05, 0) is 48.0 Å². The van der Waals surface area contributed by atoms with Crippen LogP contribution in [-0.2, 0) is 19.1 Å². The molecule has 0 saturated carbocycles. The molecule has 0 radical (unpaired) electrons. The molecule has 1 aliphatic heterocycles. The van der Waals surface area contributed by atoms with Crippen LogP contribution in [0.4, 0.5) is 11.4 Å². The molecule has 1 saturated heterocycles. The van der Waals surface area contributed by atoms with E-state index in [1.165, 1.54) is 6.08 Å². The number of carbonyl (C=O) groups excluding carboxylic acids is 2. The molecule has 1 fully saturated rings. The summed E-state index contributed by atoms with van der Waals surface area (Å²) in [5.74, 6) is -0.274. The summed E-state index contributed by atoms with van der Waals surface area (Å²) in [6.45, 7) is 6.80. The Bertz CT molecular complexity index is 901. The summed E-state index contributed by atoms with van der Waals surface area (Å²) >= 11 is 0. The predicted octanol–water partition coefficient (Wildman–Crippen LogP) is 3.28. The van der Waals surface area contributed by atoms with E-state index in [1.54, 1.807) is 24.3 Å². The normalized spacial score (nSPS) is 13.6. The van der Waals surface area contributed by atoms with Crippen LogP contribution in [0.15, 0.2) is 67.3 Å². The van der Waals surface area contributed by atoms with Crippen molar-refractivity contribution in [1.82, 2.24) is 0 Å². The van der Waals surface area contributed by atoms with Gasteiger partial charge in [-0.25, -0.2) is 4.79 Å². The highest BCUT2D eigenvalue weighted by molar-refractivity contribution is 5.94. The van der Waals surface area contributed by atoms with E-state index in [0.29, 0.717) is 31.3 Å². The topological polar surface area (TPSA) is 77.1 Å². The second-order valence-electron chi connectivity index (χ2n) is 6.80. The summed E-state index contributed by atoms with van der Waals surface area (Å²) < 4.78 is 15.7. The Morgan fingerprint density at radius 3 is 2.45 bits per heavy atom. The van der Waals surface area contributed by atoms with E-state index < -0.39 is 11.9 Å². The van der Waals surface area contributed by atoms with E-state index >= 15 is 0 Å². The molecule has 162 valence electrons. The van der Waals surface area contributed by atoms with Crippen LogP contribution in [0.3, 0.4) is 0 Å². The van der Waals surface area contributed by atoms with Gasteiger partial charge in [0.1, 0.15) is 12.4 Å². The number of hydrogen-bond donors (Lipinski definition) is 1. The summed E-state index contributed by atoms with van der Waals surface area (Å²) in [5.41, 5.74) is 2.54. The van der Waals surface area contributed by atoms with Crippen LogP contribution >= 0.6 is 0 Å². The molecule has 1 aliphatic rings. The molecule has 0 aromatic heterocycles. The van der Waals surface area contributed by atoms with Gasteiger partial charge in [0.15, 0.2) is 6.61 Å². The fourth-order valence-electron chi connectivity index (χ4n) is 2.95. The summed E-state index contributed by atoms with van der Waals surface area (Å²) in [4.78, 5) is 26.1. The third-order valence-corrected chi connectivity index (χ3v) is 4.53.